The molecule has 1 N–H and O–H groups in total. The van der Waals surface area contributed by atoms with Crippen LogP contribution in [0.25, 0.3) is 10.9 Å². The maximum Gasteiger partial charge on any atom is 0.231 e. The lowest BCUT2D eigenvalue weighted by molar-refractivity contribution is 0.174. The SMILES string of the molecule is Clc1ccc(Cn2cc(CNc3ccc4c(c3)OCO4)c3ccccc32)c(Cl)c1. The van der Waals surface area contributed by atoms with Crippen molar-refractivity contribution in [2.45, 2.75) is 13.1 Å². The predicted molar refractivity (Wildman–Crippen MR) is 117 cm³/mol. The molecule has 4 aromatic rings. The van der Waals surface area contributed by atoms with Crippen LogP contribution in [-0.4, -0.2) is 11.4 Å². The summed E-state index contributed by atoms with van der Waals surface area (Å²) in [6.07, 6.45) is 2.18. The summed E-state index contributed by atoms with van der Waals surface area (Å²) in [5.74, 6) is 1.56. The van der Waals surface area contributed by atoms with Crippen molar-refractivity contribution in [2.75, 3.05) is 12.1 Å². The van der Waals surface area contributed by atoms with Crippen molar-refractivity contribution >= 4 is 39.8 Å². The van der Waals surface area contributed by atoms with Crippen molar-refractivity contribution in [3.63, 3.8) is 0 Å². The lowest BCUT2D eigenvalue weighted by Crippen LogP contribution is -2.00. The van der Waals surface area contributed by atoms with Crippen LogP contribution in [0.3, 0.4) is 0 Å². The molecule has 0 atom stereocenters. The molecule has 1 aliphatic rings. The van der Waals surface area contributed by atoms with Crippen LogP contribution in [-0.2, 0) is 13.1 Å². The molecule has 1 aromatic heterocycles. The van der Waals surface area contributed by atoms with Crippen molar-refractivity contribution in [1.82, 2.24) is 4.57 Å². The average molecular weight is 425 g/mol. The van der Waals surface area contributed by atoms with Gasteiger partial charge in [-0.25, -0.2) is 0 Å². The third kappa shape index (κ3) is 3.61. The first-order valence-corrected chi connectivity index (χ1v) is 10.1. The Kier molecular flexibility index (Phi) is 4.74. The molecule has 0 aliphatic carbocycles. The van der Waals surface area contributed by atoms with Crippen molar-refractivity contribution in [2.24, 2.45) is 0 Å². The average Bonchev–Trinajstić information content (AvgIpc) is 3.33. The van der Waals surface area contributed by atoms with Gasteiger partial charge in [-0.05, 0) is 41.5 Å². The van der Waals surface area contributed by atoms with Gasteiger partial charge >= 0.3 is 0 Å². The van der Waals surface area contributed by atoms with Crippen molar-refractivity contribution in [1.29, 1.82) is 0 Å². The van der Waals surface area contributed by atoms with Gasteiger partial charge in [0.2, 0.25) is 6.79 Å². The van der Waals surface area contributed by atoms with Gasteiger partial charge in [0.25, 0.3) is 0 Å². The number of para-hydroxylation sites is 1. The monoisotopic (exact) mass is 424 g/mol. The molecule has 5 rings (SSSR count). The largest absolute Gasteiger partial charge is 0.454 e. The number of halogens is 2. The molecule has 1 aliphatic heterocycles. The molecule has 0 saturated heterocycles. The maximum absolute atomic E-state index is 6.39. The van der Waals surface area contributed by atoms with Crippen LogP contribution >= 0.6 is 23.2 Å². The quantitative estimate of drug-likeness (QED) is 0.406. The van der Waals surface area contributed by atoms with E-state index in [0.717, 1.165) is 22.7 Å². The number of rotatable bonds is 5. The lowest BCUT2D eigenvalue weighted by atomic mass is 10.1. The fraction of sp³-hybridized carbons (Fsp3) is 0.130. The molecule has 0 unspecified atom stereocenters. The Labute approximate surface area is 178 Å². The van der Waals surface area contributed by atoms with Crippen LogP contribution in [0, 0.1) is 0 Å². The van der Waals surface area contributed by atoms with Crippen LogP contribution in [0.15, 0.2) is 66.9 Å². The van der Waals surface area contributed by atoms with E-state index in [1.165, 1.54) is 16.5 Å². The number of benzene rings is 3. The van der Waals surface area contributed by atoms with Gasteiger partial charge in [0.05, 0.1) is 0 Å². The number of nitrogens with zero attached hydrogens (tertiary/aromatic N) is 1. The van der Waals surface area contributed by atoms with Gasteiger partial charge in [-0.15, -0.1) is 0 Å². The summed E-state index contributed by atoms with van der Waals surface area (Å²) in [4.78, 5) is 0. The number of fused-ring (bicyclic) bond motifs is 2. The Morgan fingerprint density at radius 3 is 2.66 bits per heavy atom. The van der Waals surface area contributed by atoms with E-state index in [0.29, 0.717) is 23.1 Å². The first-order valence-electron chi connectivity index (χ1n) is 9.31. The van der Waals surface area contributed by atoms with Gasteiger partial charge in [-0.2, -0.15) is 0 Å². The second-order valence-corrected chi connectivity index (χ2v) is 7.80. The molecule has 0 spiro atoms. The molecule has 0 saturated carbocycles. The molecule has 6 heteroatoms. The summed E-state index contributed by atoms with van der Waals surface area (Å²) in [6.45, 7) is 1.65. The van der Waals surface area contributed by atoms with E-state index in [4.69, 9.17) is 32.7 Å². The van der Waals surface area contributed by atoms with Crippen LogP contribution in [0.1, 0.15) is 11.1 Å². The zero-order chi connectivity index (χ0) is 19.8. The highest BCUT2D eigenvalue weighted by atomic mass is 35.5. The van der Waals surface area contributed by atoms with Crippen molar-refractivity contribution in [3.05, 3.63) is 88.0 Å². The Bertz CT molecular complexity index is 1200. The number of hydrogen-bond acceptors (Lipinski definition) is 3. The zero-order valence-corrected chi connectivity index (χ0v) is 17.0. The molecule has 3 aromatic carbocycles. The second kappa shape index (κ2) is 7.54. The van der Waals surface area contributed by atoms with Crippen molar-refractivity contribution in [3.8, 4) is 11.5 Å². The Morgan fingerprint density at radius 2 is 1.76 bits per heavy atom. The van der Waals surface area contributed by atoms with Gasteiger partial charge in [-0.3, -0.25) is 0 Å². The summed E-state index contributed by atoms with van der Waals surface area (Å²) in [5, 5.41) is 6.02. The van der Waals surface area contributed by atoms with E-state index < -0.39 is 0 Å². The fourth-order valence-corrected chi connectivity index (χ4v) is 4.10. The number of nitrogens with one attached hydrogen (secondary N) is 1. The highest BCUT2D eigenvalue weighted by Crippen LogP contribution is 2.34. The second-order valence-electron chi connectivity index (χ2n) is 6.96. The lowest BCUT2D eigenvalue weighted by Gasteiger charge is -2.08. The molecule has 0 radical (unpaired) electrons. The van der Waals surface area contributed by atoms with Gasteiger partial charge in [0, 0.05) is 52.0 Å². The topological polar surface area (TPSA) is 35.4 Å². The first kappa shape index (κ1) is 18.2. The molecule has 0 fully saturated rings. The van der Waals surface area contributed by atoms with E-state index in [1.807, 2.05) is 30.3 Å². The van der Waals surface area contributed by atoms with E-state index in [-0.39, 0.29) is 6.79 Å². The molecular weight excluding hydrogens is 407 g/mol. The summed E-state index contributed by atoms with van der Waals surface area (Å²) < 4.78 is 13.1. The summed E-state index contributed by atoms with van der Waals surface area (Å²) in [5.41, 5.74) is 4.41. The van der Waals surface area contributed by atoms with Crippen molar-refractivity contribution < 1.29 is 9.47 Å². The van der Waals surface area contributed by atoms with Crippen LogP contribution in [0.5, 0.6) is 11.5 Å². The Hall–Kier alpha value is -2.82. The van der Waals surface area contributed by atoms with Gasteiger partial charge in [0.15, 0.2) is 11.5 Å². The summed E-state index contributed by atoms with van der Waals surface area (Å²) in [6, 6.07) is 19.9. The van der Waals surface area contributed by atoms with Crippen LogP contribution in [0.4, 0.5) is 5.69 Å². The smallest absolute Gasteiger partial charge is 0.231 e. The predicted octanol–water partition coefficient (Wildman–Crippen LogP) is 6.34. The minimum Gasteiger partial charge on any atom is -0.454 e. The van der Waals surface area contributed by atoms with Crippen LogP contribution < -0.4 is 14.8 Å². The molecular formula is C23H18Cl2N2O2. The Balaban J connectivity index is 1.42. The van der Waals surface area contributed by atoms with Crippen LogP contribution in [0.2, 0.25) is 10.0 Å². The normalized spacial score (nSPS) is 12.5. The van der Waals surface area contributed by atoms with Gasteiger partial charge in [-0.1, -0.05) is 47.5 Å². The molecule has 2 heterocycles. The molecule has 29 heavy (non-hydrogen) atoms. The van der Waals surface area contributed by atoms with E-state index in [1.54, 1.807) is 6.07 Å². The summed E-state index contributed by atoms with van der Waals surface area (Å²) in [7, 11) is 0. The highest BCUT2D eigenvalue weighted by molar-refractivity contribution is 6.35. The fourth-order valence-electron chi connectivity index (χ4n) is 3.63. The number of hydrogen-bond donors (Lipinski definition) is 1. The number of ether oxygens (including phenoxy) is 2. The third-order valence-corrected chi connectivity index (χ3v) is 5.67. The maximum atomic E-state index is 6.39. The van der Waals surface area contributed by atoms with E-state index in [9.17, 15) is 0 Å². The van der Waals surface area contributed by atoms with E-state index >= 15 is 0 Å². The minimum atomic E-state index is 0.277. The number of aromatic nitrogens is 1. The minimum absolute atomic E-state index is 0.277. The number of anilines is 1. The van der Waals surface area contributed by atoms with Gasteiger partial charge in [0.1, 0.15) is 0 Å². The summed E-state index contributed by atoms with van der Waals surface area (Å²) >= 11 is 12.4. The third-order valence-electron chi connectivity index (χ3n) is 5.08. The molecule has 4 nitrogen and oxygen atoms in total. The standard InChI is InChI=1S/C23H18Cl2N2O2/c24-17-6-5-15(20(25)9-17)12-27-13-16(19-3-1-2-4-21(19)27)11-26-18-7-8-22-23(10-18)29-14-28-22/h1-10,13,26H,11-12,14H2. The molecule has 0 amide bonds. The van der Waals surface area contributed by atoms with E-state index in [2.05, 4.69) is 40.3 Å². The van der Waals surface area contributed by atoms with Gasteiger partial charge < -0.3 is 19.4 Å². The molecule has 0 bridgehead atoms. The highest BCUT2D eigenvalue weighted by Gasteiger charge is 2.14. The molecule has 146 valence electrons. The zero-order valence-electron chi connectivity index (χ0n) is 15.5. The first-order chi connectivity index (χ1) is 14.2. The Morgan fingerprint density at radius 1 is 0.897 bits per heavy atom.